The Bertz CT molecular complexity index is 613. The Labute approximate surface area is 127 Å². The zero-order chi connectivity index (χ0) is 15.4. The summed E-state index contributed by atoms with van der Waals surface area (Å²) < 4.78 is 5.84. The molecule has 0 aliphatic carbocycles. The van der Waals surface area contributed by atoms with Gasteiger partial charge in [-0.25, -0.2) is 21.5 Å². The van der Waals surface area contributed by atoms with Gasteiger partial charge < -0.3 is 4.74 Å². The molecule has 0 aliphatic heterocycles. The first kappa shape index (κ1) is 15.3. The Morgan fingerprint density at radius 2 is 2.05 bits per heavy atom. The second kappa shape index (κ2) is 6.57. The number of rotatable bonds is 4. The second-order valence-electron chi connectivity index (χ2n) is 4.55. The fourth-order valence-electron chi connectivity index (χ4n) is 1.83. The number of carbonyl (C=O) groups excluding carboxylic acids is 1. The summed E-state index contributed by atoms with van der Waals surface area (Å²) in [4.78, 5) is 13.0. The van der Waals surface area contributed by atoms with E-state index in [9.17, 15) is 4.79 Å². The molecular weight excluding hydrogens is 288 g/mol. The molecule has 1 aromatic carbocycles. The Hall–Kier alpha value is -2.09. The molecule has 0 fully saturated rings. The quantitative estimate of drug-likeness (QED) is 0.515. The topological polar surface area (TPSA) is 84.8 Å². The minimum atomic E-state index is -0.526. The van der Waals surface area contributed by atoms with Crippen molar-refractivity contribution in [3.05, 3.63) is 46.2 Å². The summed E-state index contributed by atoms with van der Waals surface area (Å²) in [5, 5.41) is 3.89. The van der Waals surface area contributed by atoms with Crippen LogP contribution in [0.3, 0.4) is 0 Å². The smallest absolute Gasteiger partial charge is 0.352 e. The number of hydrazine groups is 2. The number of benzene rings is 1. The van der Waals surface area contributed by atoms with Crippen molar-refractivity contribution in [1.29, 1.82) is 0 Å². The van der Waals surface area contributed by atoms with Crippen LogP contribution in [0.4, 0.5) is 10.5 Å². The van der Waals surface area contributed by atoms with Gasteiger partial charge in [0.1, 0.15) is 18.0 Å². The number of carbonyl (C=O) groups is 1. The lowest BCUT2D eigenvalue weighted by molar-refractivity contribution is 0.216. The molecule has 4 N–H and O–H groups in total. The summed E-state index contributed by atoms with van der Waals surface area (Å²) in [6.07, 6.45) is 0. The lowest BCUT2D eigenvalue weighted by Crippen LogP contribution is -2.48. The molecule has 0 radical (unpaired) electrons. The van der Waals surface area contributed by atoms with Gasteiger partial charge in [-0.1, -0.05) is 18.2 Å². The van der Waals surface area contributed by atoms with Crippen LogP contribution in [0.1, 0.15) is 10.4 Å². The van der Waals surface area contributed by atoms with Crippen LogP contribution in [0.2, 0.25) is 0 Å². The molecule has 0 unspecified atom stereocenters. The maximum absolute atomic E-state index is 11.9. The van der Waals surface area contributed by atoms with E-state index in [0.717, 1.165) is 20.5 Å². The highest BCUT2D eigenvalue weighted by atomic mass is 32.1. The molecule has 2 amide bonds. The molecule has 6 nitrogen and oxygen atoms in total. The summed E-state index contributed by atoms with van der Waals surface area (Å²) >= 11 is 1.61. The first-order valence-electron chi connectivity index (χ1n) is 6.32. The first-order chi connectivity index (χ1) is 10.0. The van der Waals surface area contributed by atoms with Gasteiger partial charge in [0.2, 0.25) is 0 Å². The number of anilines is 1. The van der Waals surface area contributed by atoms with Crippen molar-refractivity contribution in [3.8, 4) is 5.75 Å². The van der Waals surface area contributed by atoms with Gasteiger partial charge in [0.25, 0.3) is 0 Å². The minimum Gasteiger partial charge on any atom is -0.486 e. The molecule has 0 aliphatic rings. The Balaban J connectivity index is 2.25. The number of ether oxygens (including phenoxy) is 1. The lowest BCUT2D eigenvalue weighted by atomic mass is 10.2. The number of aryl methyl sites for hydroxylation is 1. The third kappa shape index (κ3) is 3.52. The summed E-state index contributed by atoms with van der Waals surface area (Å²) in [6.45, 7) is 2.33. The number of urea groups is 1. The molecule has 0 spiro atoms. The Morgan fingerprint density at radius 3 is 2.67 bits per heavy atom. The van der Waals surface area contributed by atoms with Gasteiger partial charge in [0, 0.05) is 11.9 Å². The summed E-state index contributed by atoms with van der Waals surface area (Å²) in [5.41, 5.74) is 1.38. The van der Waals surface area contributed by atoms with Crippen LogP contribution in [0.5, 0.6) is 5.75 Å². The molecule has 0 bridgehead atoms. The highest BCUT2D eigenvalue weighted by Gasteiger charge is 2.19. The fraction of sp³-hybridized carbons (Fsp3) is 0.214. The van der Waals surface area contributed by atoms with Crippen molar-refractivity contribution in [1.82, 2.24) is 5.01 Å². The molecule has 1 aromatic heterocycles. The Kier molecular flexibility index (Phi) is 4.79. The first-order valence-corrected chi connectivity index (χ1v) is 7.20. The van der Waals surface area contributed by atoms with Gasteiger partial charge in [0.15, 0.2) is 0 Å². The van der Waals surface area contributed by atoms with E-state index in [4.69, 9.17) is 16.4 Å². The molecule has 0 saturated heterocycles. The molecule has 21 heavy (non-hydrogen) atoms. The predicted molar refractivity (Wildman–Crippen MR) is 83.8 cm³/mol. The zero-order valence-corrected chi connectivity index (χ0v) is 12.8. The molecule has 0 atom stereocenters. The van der Waals surface area contributed by atoms with Gasteiger partial charge in [-0.3, -0.25) is 5.01 Å². The normalized spacial score (nSPS) is 10.3. The summed E-state index contributed by atoms with van der Waals surface area (Å²) in [6, 6.07) is 8.86. The number of nitrogens with zero attached hydrogens (tertiary/aromatic N) is 2. The van der Waals surface area contributed by atoms with Crippen molar-refractivity contribution in [2.75, 3.05) is 12.1 Å². The largest absolute Gasteiger partial charge is 0.486 e. The number of amides is 2. The van der Waals surface area contributed by atoms with E-state index in [0.29, 0.717) is 18.0 Å². The molecule has 7 heteroatoms. The highest BCUT2D eigenvalue weighted by molar-refractivity contribution is 7.09. The molecular formula is C14H18N4O2S. The summed E-state index contributed by atoms with van der Waals surface area (Å²) in [7, 11) is 1.43. The van der Waals surface area contributed by atoms with Gasteiger partial charge in [-0.15, -0.1) is 11.3 Å². The van der Waals surface area contributed by atoms with E-state index in [1.165, 1.54) is 7.05 Å². The average Bonchev–Trinajstić information content (AvgIpc) is 2.97. The number of hydrogen-bond acceptors (Lipinski definition) is 5. The second-order valence-corrected chi connectivity index (χ2v) is 5.59. The maximum Gasteiger partial charge on any atom is 0.352 e. The molecule has 0 saturated carbocycles. The molecule has 2 rings (SSSR count). The zero-order valence-electron chi connectivity index (χ0n) is 11.9. The van der Waals surface area contributed by atoms with Crippen molar-refractivity contribution in [3.63, 3.8) is 0 Å². The third-order valence-corrected chi connectivity index (χ3v) is 3.75. The monoisotopic (exact) mass is 306 g/mol. The standard InChI is InChI=1S/C14H18N4O2S/c1-10-5-3-7-12(18(16)14(19)17(2)15)13(10)20-9-11-6-4-8-21-11/h3-8H,9,15-16H2,1-2H3. The number of nitrogens with two attached hydrogens (primary N) is 2. The number of hydrogen-bond donors (Lipinski definition) is 2. The molecule has 1 heterocycles. The van der Waals surface area contributed by atoms with E-state index >= 15 is 0 Å². The van der Waals surface area contributed by atoms with Crippen molar-refractivity contribution in [2.24, 2.45) is 11.7 Å². The van der Waals surface area contributed by atoms with E-state index in [1.54, 1.807) is 17.4 Å². The van der Waals surface area contributed by atoms with Crippen molar-refractivity contribution in [2.45, 2.75) is 13.5 Å². The van der Waals surface area contributed by atoms with Gasteiger partial charge in [-0.05, 0) is 30.0 Å². The van der Waals surface area contributed by atoms with Crippen LogP contribution in [0.15, 0.2) is 35.7 Å². The van der Waals surface area contributed by atoms with Crippen LogP contribution in [-0.2, 0) is 6.61 Å². The maximum atomic E-state index is 11.9. The SMILES string of the molecule is Cc1cccc(N(N)C(=O)N(C)N)c1OCc1cccs1. The van der Waals surface area contributed by atoms with Crippen LogP contribution in [0, 0.1) is 6.92 Å². The van der Waals surface area contributed by atoms with Crippen LogP contribution >= 0.6 is 11.3 Å². The third-order valence-electron chi connectivity index (χ3n) is 2.90. The lowest BCUT2D eigenvalue weighted by Gasteiger charge is -2.23. The molecule has 112 valence electrons. The Morgan fingerprint density at radius 1 is 1.29 bits per heavy atom. The highest BCUT2D eigenvalue weighted by Crippen LogP contribution is 2.31. The fourth-order valence-corrected chi connectivity index (χ4v) is 2.44. The van der Waals surface area contributed by atoms with Crippen LogP contribution < -0.4 is 21.4 Å². The minimum absolute atomic E-state index is 0.427. The van der Waals surface area contributed by atoms with Gasteiger partial charge in [0.05, 0.1) is 0 Å². The number of para-hydroxylation sites is 1. The summed E-state index contributed by atoms with van der Waals surface area (Å²) in [5.74, 6) is 11.9. The van der Waals surface area contributed by atoms with Crippen LogP contribution in [-0.4, -0.2) is 18.1 Å². The predicted octanol–water partition coefficient (Wildman–Crippen LogP) is 2.24. The van der Waals surface area contributed by atoms with E-state index < -0.39 is 6.03 Å². The van der Waals surface area contributed by atoms with Gasteiger partial charge >= 0.3 is 6.03 Å². The van der Waals surface area contributed by atoms with Gasteiger partial charge in [-0.2, -0.15) is 0 Å². The van der Waals surface area contributed by atoms with Crippen molar-refractivity contribution < 1.29 is 9.53 Å². The van der Waals surface area contributed by atoms with Crippen molar-refractivity contribution >= 4 is 23.1 Å². The number of thiophene rings is 1. The average molecular weight is 306 g/mol. The molecule has 2 aromatic rings. The van der Waals surface area contributed by atoms with Crippen LogP contribution in [0.25, 0.3) is 0 Å². The van der Waals surface area contributed by atoms with E-state index in [-0.39, 0.29) is 0 Å². The van der Waals surface area contributed by atoms with E-state index in [1.807, 2.05) is 36.6 Å². The van der Waals surface area contributed by atoms with E-state index in [2.05, 4.69) is 0 Å².